The zero-order valence-electron chi connectivity index (χ0n) is 10.2. The van der Waals surface area contributed by atoms with Crippen molar-refractivity contribution in [3.63, 3.8) is 0 Å². The highest BCUT2D eigenvalue weighted by Gasteiger charge is 2.15. The van der Waals surface area contributed by atoms with Crippen molar-refractivity contribution in [2.24, 2.45) is 0 Å². The second kappa shape index (κ2) is 10.0. The number of aliphatic hydroxyl groups excluding tert-OH is 4. The fourth-order valence-electron chi connectivity index (χ4n) is 1.65. The lowest BCUT2D eigenvalue weighted by Gasteiger charge is -2.17. The zero-order chi connectivity index (χ0) is 12.4. The maximum atomic E-state index is 9.61. The molecule has 4 nitrogen and oxygen atoms in total. The number of hydrogen-bond donors (Lipinski definition) is 4. The third-order valence-corrected chi connectivity index (χ3v) is 2.72. The van der Waals surface area contributed by atoms with E-state index in [0.717, 1.165) is 25.7 Å². The summed E-state index contributed by atoms with van der Waals surface area (Å²) in [6.45, 7) is 1.91. The summed E-state index contributed by atoms with van der Waals surface area (Å²) < 4.78 is 0. The normalized spacial score (nSPS) is 17.1. The number of unbranched alkanes of at least 4 members (excludes halogenated alkanes) is 2. The summed E-state index contributed by atoms with van der Waals surface area (Å²) in [5.74, 6) is 0. The van der Waals surface area contributed by atoms with Crippen molar-refractivity contribution < 1.29 is 20.4 Å². The molecular formula is C12H26O4. The van der Waals surface area contributed by atoms with E-state index >= 15 is 0 Å². The highest BCUT2D eigenvalue weighted by molar-refractivity contribution is 4.67. The quantitative estimate of drug-likeness (QED) is 0.422. The molecular weight excluding hydrogens is 208 g/mol. The fraction of sp³-hybridized carbons (Fsp3) is 1.00. The minimum Gasteiger partial charge on any atom is -0.396 e. The Morgan fingerprint density at radius 1 is 0.750 bits per heavy atom. The van der Waals surface area contributed by atoms with E-state index in [0.29, 0.717) is 19.3 Å². The summed E-state index contributed by atoms with van der Waals surface area (Å²) in [6, 6.07) is 0. The summed E-state index contributed by atoms with van der Waals surface area (Å²) in [7, 11) is 0. The van der Waals surface area contributed by atoms with Crippen LogP contribution < -0.4 is 0 Å². The van der Waals surface area contributed by atoms with Crippen LogP contribution in [0.2, 0.25) is 0 Å². The van der Waals surface area contributed by atoms with Crippen LogP contribution in [-0.4, -0.2) is 45.3 Å². The van der Waals surface area contributed by atoms with E-state index in [9.17, 15) is 10.2 Å². The Hall–Kier alpha value is -0.160. The Morgan fingerprint density at radius 3 is 1.81 bits per heavy atom. The first-order chi connectivity index (χ1) is 7.57. The van der Waals surface area contributed by atoms with Gasteiger partial charge in [-0.15, -0.1) is 0 Å². The van der Waals surface area contributed by atoms with Gasteiger partial charge in [0.2, 0.25) is 0 Å². The average molecular weight is 234 g/mol. The van der Waals surface area contributed by atoms with Gasteiger partial charge in [-0.25, -0.2) is 0 Å². The molecule has 3 unspecified atom stereocenters. The lowest BCUT2D eigenvalue weighted by molar-refractivity contribution is 0.00547. The topological polar surface area (TPSA) is 80.9 Å². The Labute approximate surface area is 97.9 Å². The molecule has 0 saturated carbocycles. The average Bonchev–Trinajstić information content (AvgIpc) is 2.23. The van der Waals surface area contributed by atoms with Gasteiger partial charge in [0.15, 0.2) is 0 Å². The van der Waals surface area contributed by atoms with Gasteiger partial charge < -0.3 is 20.4 Å². The molecule has 0 aromatic heterocycles. The molecule has 0 fully saturated rings. The highest BCUT2D eigenvalue weighted by atomic mass is 16.3. The van der Waals surface area contributed by atoms with Gasteiger partial charge in [0, 0.05) is 6.61 Å². The van der Waals surface area contributed by atoms with E-state index < -0.39 is 12.2 Å². The largest absolute Gasteiger partial charge is 0.396 e. The number of aliphatic hydroxyl groups is 4. The van der Waals surface area contributed by atoms with E-state index in [4.69, 9.17) is 10.2 Å². The molecule has 98 valence electrons. The Kier molecular flexibility index (Phi) is 9.92. The predicted molar refractivity (Wildman–Crippen MR) is 63.1 cm³/mol. The van der Waals surface area contributed by atoms with Crippen LogP contribution >= 0.6 is 0 Å². The zero-order valence-corrected chi connectivity index (χ0v) is 10.2. The lowest BCUT2D eigenvalue weighted by atomic mass is 10.0. The molecule has 4 N–H and O–H groups in total. The summed E-state index contributed by atoms with van der Waals surface area (Å²) in [4.78, 5) is 0. The van der Waals surface area contributed by atoms with E-state index in [2.05, 4.69) is 0 Å². The fourth-order valence-corrected chi connectivity index (χ4v) is 1.65. The van der Waals surface area contributed by atoms with Gasteiger partial charge in [0.1, 0.15) is 0 Å². The minimum atomic E-state index is -0.687. The third kappa shape index (κ3) is 9.09. The van der Waals surface area contributed by atoms with Crippen molar-refractivity contribution in [1.82, 2.24) is 0 Å². The number of hydrogen-bond acceptors (Lipinski definition) is 4. The maximum absolute atomic E-state index is 9.61. The molecule has 0 aromatic carbocycles. The van der Waals surface area contributed by atoms with Crippen molar-refractivity contribution in [2.45, 2.75) is 70.2 Å². The van der Waals surface area contributed by atoms with Crippen LogP contribution in [0.15, 0.2) is 0 Å². The monoisotopic (exact) mass is 234 g/mol. The van der Waals surface area contributed by atoms with Crippen LogP contribution in [-0.2, 0) is 0 Å². The van der Waals surface area contributed by atoms with Gasteiger partial charge in [-0.1, -0.05) is 12.8 Å². The summed E-state index contributed by atoms with van der Waals surface area (Å²) in [5.41, 5.74) is 0. The molecule has 0 rings (SSSR count). The molecule has 3 atom stereocenters. The van der Waals surface area contributed by atoms with Gasteiger partial charge in [-0.05, 0) is 39.0 Å². The molecule has 0 bridgehead atoms. The first kappa shape index (κ1) is 15.8. The van der Waals surface area contributed by atoms with Gasteiger partial charge in [-0.3, -0.25) is 0 Å². The van der Waals surface area contributed by atoms with Crippen molar-refractivity contribution in [3.05, 3.63) is 0 Å². The molecule has 16 heavy (non-hydrogen) atoms. The van der Waals surface area contributed by atoms with Gasteiger partial charge in [-0.2, -0.15) is 0 Å². The van der Waals surface area contributed by atoms with E-state index in [-0.39, 0.29) is 12.7 Å². The van der Waals surface area contributed by atoms with Crippen LogP contribution in [0.3, 0.4) is 0 Å². The molecule has 0 saturated heterocycles. The Balaban J connectivity index is 3.45. The second-order valence-electron chi connectivity index (χ2n) is 4.49. The predicted octanol–water partition coefficient (Wildman–Crippen LogP) is 0.812. The second-order valence-corrected chi connectivity index (χ2v) is 4.49. The van der Waals surface area contributed by atoms with Crippen LogP contribution in [0.5, 0.6) is 0 Å². The van der Waals surface area contributed by atoms with Crippen molar-refractivity contribution in [1.29, 1.82) is 0 Å². The van der Waals surface area contributed by atoms with Crippen LogP contribution in [0.25, 0.3) is 0 Å². The smallest absolute Gasteiger partial charge is 0.0799 e. The van der Waals surface area contributed by atoms with E-state index in [1.165, 1.54) is 0 Å². The first-order valence-corrected chi connectivity index (χ1v) is 6.23. The SMILES string of the molecule is CC(O)CCCC(O)C(O)CCCCCO. The summed E-state index contributed by atoms with van der Waals surface area (Å²) >= 11 is 0. The molecule has 0 radical (unpaired) electrons. The van der Waals surface area contributed by atoms with Gasteiger partial charge in [0.25, 0.3) is 0 Å². The lowest BCUT2D eigenvalue weighted by Crippen LogP contribution is -2.26. The Bertz CT molecular complexity index is 150. The van der Waals surface area contributed by atoms with Crippen LogP contribution in [0, 0.1) is 0 Å². The molecule has 4 heteroatoms. The Morgan fingerprint density at radius 2 is 1.31 bits per heavy atom. The molecule has 0 aliphatic heterocycles. The van der Waals surface area contributed by atoms with Crippen molar-refractivity contribution in [2.75, 3.05) is 6.61 Å². The van der Waals surface area contributed by atoms with Crippen LogP contribution in [0.4, 0.5) is 0 Å². The maximum Gasteiger partial charge on any atom is 0.0799 e. The minimum absolute atomic E-state index is 0.188. The van der Waals surface area contributed by atoms with E-state index in [1.807, 2.05) is 0 Å². The van der Waals surface area contributed by atoms with Crippen molar-refractivity contribution in [3.8, 4) is 0 Å². The summed E-state index contributed by atoms with van der Waals surface area (Å²) in [6.07, 6.45) is 3.27. The summed E-state index contributed by atoms with van der Waals surface area (Å²) in [5, 5.41) is 36.8. The van der Waals surface area contributed by atoms with Gasteiger partial charge >= 0.3 is 0 Å². The number of rotatable bonds is 10. The van der Waals surface area contributed by atoms with Crippen LogP contribution in [0.1, 0.15) is 51.9 Å². The third-order valence-electron chi connectivity index (χ3n) is 2.72. The highest BCUT2D eigenvalue weighted by Crippen LogP contribution is 2.12. The molecule has 0 heterocycles. The van der Waals surface area contributed by atoms with Crippen molar-refractivity contribution >= 4 is 0 Å². The molecule has 0 spiro atoms. The van der Waals surface area contributed by atoms with Gasteiger partial charge in [0.05, 0.1) is 18.3 Å². The molecule has 0 aliphatic carbocycles. The molecule has 0 amide bonds. The first-order valence-electron chi connectivity index (χ1n) is 6.23. The van der Waals surface area contributed by atoms with E-state index in [1.54, 1.807) is 6.92 Å². The molecule has 0 aromatic rings. The standard InChI is InChI=1S/C12H26O4/c1-10(14)6-5-8-12(16)11(15)7-3-2-4-9-13/h10-16H,2-9H2,1H3. The molecule has 0 aliphatic rings.